The molecule has 0 saturated carbocycles. The molecule has 0 unspecified atom stereocenters. The minimum absolute atomic E-state index is 0.559. The molecule has 1 nitrogen and oxygen atoms in total. The summed E-state index contributed by atoms with van der Waals surface area (Å²) < 4.78 is 5.77. The second kappa shape index (κ2) is 7.63. The molecule has 0 bridgehead atoms. The molecule has 0 fully saturated rings. The van der Waals surface area contributed by atoms with Crippen molar-refractivity contribution >= 4 is 0 Å². The van der Waals surface area contributed by atoms with Gasteiger partial charge in [-0.15, -0.1) is 0 Å². The van der Waals surface area contributed by atoms with Crippen molar-refractivity contribution in [2.75, 3.05) is 0 Å². The minimum atomic E-state index is 0.559. The van der Waals surface area contributed by atoms with E-state index in [0.29, 0.717) is 5.92 Å². The first kappa shape index (κ1) is 15.3. The average molecular weight is 256 g/mol. The van der Waals surface area contributed by atoms with Crippen LogP contribution in [0.4, 0.5) is 0 Å². The molecular weight excluding hydrogens is 232 g/mol. The molecule has 2 aromatic carbocycles. The highest BCUT2D eigenvalue weighted by molar-refractivity contribution is 5.34. The Labute approximate surface area is 117 Å². The highest BCUT2D eigenvalue weighted by Gasteiger charge is 2.00. The van der Waals surface area contributed by atoms with Gasteiger partial charge in [0, 0.05) is 0 Å². The fraction of sp³-hybridized carbons (Fsp3) is 0.333. The summed E-state index contributed by atoms with van der Waals surface area (Å²) in [6.07, 6.45) is 0. The number of benzene rings is 2. The van der Waals surface area contributed by atoms with Gasteiger partial charge in [0.15, 0.2) is 0 Å². The fourth-order valence-corrected chi connectivity index (χ4v) is 1.66. The SMILES string of the molecule is CC.Cc1ccc(Oc2ccc(C(C)C)cc2)cc1. The first-order chi connectivity index (χ1) is 9.15. The van der Waals surface area contributed by atoms with E-state index in [1.807, 2.05) is 38.1 Å². The van der Waals surface area contributed by atoms with E-state index in [2.05, 4.69) is 45.0 Å². The van der Waals surface area contributed by atoms with E-state index in [1.165, 1.54) is 11.1 Å². The molecule has 0 heterocycles. The predicted octanol–water partition coefficient (Wildman–Crippen LogP) is 5.94. The highest BCUT2D eigenvalue weighted by atomic mass is 16.5. The van der Waals surface area contributed by atoms with E-state index < -0.39 is 0 Å². The van der Waals surface area contributed by atoms with Crippen molar-refractivity contribution < 1.29 is 4.74 Å². The Morgan fingerprint density at radius 1 is 0.737 bits per heavy atom. The van der Waals surface area contributed by atoms with Crippen LogP contribution < -0.4 is 4.74 Å². The number of ether oxygens (including phenoxy) is 1. The molecule has 0 aliphatic carbocycles. The fourth-order valence-electron chi connectivity index (χ4n) is 1.66. The van der Waals surface area contributed by atoms with Crippen molar-refractivity contribution in [2.24, 2.45) is 0 Å². The van der Waals surface area contributed by atoms with Crippen LogP contribution in [0.25, 0.3) is 0 Å². The summed E-state index contributed by atoms with van der Waals surface area (Å²) in [5.41, 5.74) is 2.58. The lowest BCUT2D eigenvalue weighted by Gasteiger charge is -2.08. The lowest BCUT2D eigenvalue weighted by Crippen LogP contribution is -1.88. The van der Waals surface area contributed by atoms with Crippen molar-refractivity contribution in [2.45, 2.75) is 40.5 Å². The first-order valence-electron chi connectivity index (χ1n) is 6.99. The molecule has 2 aromatic rings. The van der Waals surface area contributed by atoms with Crippen molar-refractivity contribution in [1.82, 2.24) is 0 Å². The molecule has 102 valence electrons. The molecule has 0 radical (unpaired) electrons. The van der Waals surface area contributed by atoms with Gasteiger partial charge in [-0.05, 0) is 42.7 Å². The van der Waals surface area contributed by atoms with Crippen LogP contribution in [0, 0.1) is 6.92 Å². The molecule has 0 aliphatic heterocycles. The average Bonchev–Trinajstić information content (AvgIpc) is 2.44. The van der Waals surface area contributed by atoms with Gasteiger partial charge in [-0.2, -0.15) is 0 Å². The molecule has 0 N–H and O–H groups in total. The number of rotatable bonds is 3. The third-order valence-electron chi connectivity index (χ3n) is 2.80. The molecule has 0 aromatic heterocycles. The Morgan fingerprint density at radius 3 is 1.58 bits per heavy atom. The summed E-state index contributed by atoms with van der Waals surface area (Å²) in [6, 6.07) is 16.4. The monoisotopic (exact) mass is 256 g/mol. The van der Waals surface area contributed by atoms with Gasteiger partial charge in [0.2, 0.25) is 0 Å². The topological polar surface area (TPSA) is 9.23 Å². The zero-order chi connectivity index (χ0) is 14.3. The Balaban J connectivity index is 0.000000861. The zero-order valence-electron chi connectivity index (χ0n) is 12.6. The third-order valence-corrected chi connectivity index (χ3v) is 2.80. The Bertz CT molecular complexity index is 466. The normalized spacial score (nSPS) is 9.79. The molecule has 0 amide bonds. The molecule has 19 heavy (non-hydrogen) atoms. The van der Waals surface area contributed by atoms with Crippen molar-refractivity contribution in [3.63, 3.8) is 0 Å². The van der Waals surface area contributed by atoms with Crippen LogP contribution in [0.15, 0.2) is 48.5 Å². The summed E-state index contributed by atoms with van der Waals surface area (Å²) in [4.78, 5) is 0. The van der Waals surface area contributed by atoms with Crippen LogP contribution in [0.5, 0.6) is 11.5 Å². The number of hydrogen-bond donors (Lipinski definition) is 0. The van der Waals surface area contributed by atoms with Crippen LogP contribution >= 0.6 is 0 Å². The molecule has 0 saturated heterocycles. The molecule has 1 heteroatoms. The van der Waals surface area contributed by atoms with E-state index in [1.54, 1.807) is 0 Å². The van der Waals surface area contributed by atoms with Crippen molar-refractivity contribution in [3.05, 3.63) is 59.7 Å². The van der Waals surface area contributed by atoms with Gasteiger partial charge >= 0.3 is 0 Å². The molecule has 2 rings (SSSR count). The van der Waals surface area contributed by atoms with Gasteiger partial charge in [-0.3, -0.25) is 0 Å². The summed E-state index contributed by atoms with van der Waals surface area (Å²) >= 11 is 0. The number of aryl methyl sites for hydroxylation is 1. The predicted molar refractivity (Wildman–Crippen MR) is 83.1 cm³/mol. The summed E-state index contributed by atoms with van der Waals surface area (Å²) in [6.45, 7) is 10.5. The van der Waals surface area contributed by atoms with Gasteiger partial charge < -0.3 is 4.74 Å². The van der Waals surface area contributed by atoms with Gasteiger partial charge in [-0.1, -0.05) is 57.5 Å². The van der Waals surface area contributed by atoms with E-state index in [-0.39, 0.29) is 0 Å². The molecule has 0 spiro atoms. The molecule has 0 atom stereocenters. The minimum Gasteiger partial charge on any atom is -0.457 e. The quantitative estimate of drug-likeness (QED) is 0.660. The van der Waals surface area contributed by atoms with Gasteiger partial charge in [0.25, 0.3) is 0 Å². The second-order valence-electron chi connectivity index (χ2n) is 4.64. The third kappa shape index (κ3) is 4.78. The van der Waals surface area contributed by atoms with Crippen molar-refractivity contribution in [1.29, 1.82) is 0 Å². The standard InChI is InChI=1S/C16H18O.C2H6/c1-12(2)14-6-10-16(11-7-14)17-15-8-4-13(3)5-9-15;1-2/h4-12H,1-3H3;1-2H3. The van der Waals surface area contributed by atoms with E-state index in [0.717, 1.165) is 11.5 Å². The maximum Gasteiger partial charge on any atom is 0.127 e. The van der Waals surface area contributed by atoms with Crippen LogP contribution in [-0.4, -0.2) is 0 Å². The Kier molecular flexibility index (Phi) is 6.14. The van der Waals surface area contributed by atoms with E-state index in [9.17, 15) is 0 Å². The van der Waals surface area contributed by atoms with Crippen LogP contribution in [-0.2, 0) is 0 Å². The lowest BCUT2D eigenvalue weighted by molar-refractivity contribution is 0.482. The maximum absolute atomic E-state index is 5.77. The largest absolute Gasteiger partial charge is 0.457 e. The first-order valence-corrected chi connectivity index (χ1v) is 6.99. The molecular formula is C18H24O. The van der Waals surface area contributed by atoms with Crippen molar-refractivity contribution in [3.8, 4) is 11.5 Å². The maximum atomic E-state index is 5.77. The summed E-state index contributed by atoms with van der Waals surface area (Å²) in [5, 5.41) is 0. The Hall–Kier alpha value is -1.76. The summed E-state index contributed by atoms with van der Waals surface area (Å²) in [5.74, 6) is 2.33. The second-order valence-corrected chi connectivity index (χ2v) is 4.64. The van der Waals surface area contributed by atoms with Gasteiger partial charge in [0.1, 0.15) is 11.5 Å². The highest BCUT2D eigenvalue weighted by Crippen LogP contribution is 2.23. The van der Waals surface area contributed by atoms with Gasteiger partial charge in [0.05, 0.1) is 0 Å². The van der Waals surface area contributed by atoms with E-state index >= 15 is 0 Å². The lowest BCUT2D eigenvalue weighted by atomic mass is 10.0. The van der Waals surface area contributed by atoms with Crippen LogP contribution in [0.2, 0.25) is 0 Å². The summed E-state index contributed by atoms with van der Waals surface area (Å²) in [7, 11) is 0. The smallest absolute Gasteiger partial charge is 0.127 e. The number of hydrogen-bond acceptors (Lipinski definition) is 1. The van der Waals surface area contributed by atoms with Crippen LogP contribution in [0.3, 0.4) is 0 Å². The van der Waals surface area contributed by atoms with Gasteiger partial charge in [-0.25, -0.2) is 0 Å². The van der Waals surface area contributed by atoms with Crippen LogP contribution in [0.1, 0.15) is 44.7 Å². The van der Waals surface area contributed by atoms with E-state index in [4.69, 9.17) is 4.74 Å². The Morgan fingerprint density at radius 2 is 1.16 bits per heavy atom. The zero-order valence-corrected chi connectivity index (χ0v) is 12.6. The molecule has 0 aliphatic rings.